The largest absolute Gasteiger partial charge is 0.322 e. The topological polar surface area (TPSA) is 67.2 Å². The molecule has 0 saturated carbocycles. The molecule has 164 valence electrons. The molecular formula is C24H29ClN4O2. The number of nitrogens with one attached hydrogen (secondary N) is 1. The molecule has 0 fully saturated rings. The lowest BCUT2D eigenvalue weighted by atomic mass is 10.1. The smallest absolute Gasteiger partial charge is 0.314 e. The summed E-state index contributed by atoms with van der Waals surface area (Å²) < 4.78 is 1.50. The predicted molar refractivity (Wildman–Crippen MR) is 127 cm³/mol. The number of hydrogen-bond acceptors (Lipinski definition) is 3. The van der Waals surface area contributed by atoms with Gasteiger partial charge < -0.3 is 10.2 Å². The summed E-state index contributed by atoms with van der Waals surface area (Å²) in [7, 11) is 1.68. The molecule has 0 spiro atoms. The van der Waals surface area contributed by atoms with E-state index < -0.39 is 6.04 Å². The molecule has 31 heavy (non-hydrogen) atoms. The van der Waals surface area contributed by atoms with Gasteiger partial charge in [-0.05, 0) is 56.0 Å². The normalized spacial score (nSPS) is 12.3. The van der Waals surface area contributed by atoms with Crippen LogP contribution in [0.3, 0.4) is 0 Å². The van der Waals surface area contributed by atoms with Gasteiger partial charge >= 0.3 is 6.03 Å². The number of urea groups is 1. The van der Waals surface area contributed by atoms with Crippen LogP contribution in [-0.2, 0) is 7.05 Å². The van der Waals surface area contributed by atoms with Crippen molar-refractivity contribution in [1.82, 2.24) is 14.5 Å². The van der Waals surface area contributed by atoms with Crippen LogP contribution in [0.1, 0.15) is 43.8 Å². The summed E-state index contributed by atoms with van der Waals surface area (Å²) in [6.07, 6.45) is 0. The number of halogens is 1. The predicted octanol–water partition coefficient (Wildman–Crippen LogP) is 5.45. The van der Waals surface area contributed by atoms with Crippen molar-refractivity contribution in [3.8, 4) is 0 Å². The van der Waals surface area contributed by atoms with Crippen LogP contribution < -0.4 is 10.9 Å². The number of carbonyl (C=O) groups excluding carboxylic acids is 1. The van der Waals surface area contributed by atoms with E-state index in [0.717, 1.165) is 16.8 Å². The van der Waals surface area contributed by atoms with E-state index in [-0.39, 0.29) is 17.5 Å². The fourth-order valence-corrected chi connectivity index (χ4v) is 3.95. The maximum absolute atomic E-state index is 13.4. The number of aromatic nitrogens is 2. The third kappa shape index (κ3) is 4.74. The zero-order chi connectivity index (χ0) is 22.9. The van der Waals surface area contributed by atoms with Crippen LogP contribution >= 0.6 is 11.6 Å². The number of aryl methyl sites for hydroxylation is 2. The summed E-state index contributed by atoms with van der Waals surface area (Å²) >= 11 is 6.06. The molecule has 1 atom stereocenters. The van der Waals surface area contributed by atoms with Gasteiger partial charge in [0, 0.05) is 24.3 Å². The van der Waals surface area contributed by atoms with Crippen LogP contribution in [0, 0.1) is 19.8 Å². The Bertz CT molecular complexity index is 1170. The molecule has 0 saturated heterocycles. The second-order valence-corrected chi connectivity index (χ2v) is 8.85. The van der Waals surface area contributed by atoms with Gasteiger partial charge in [0.2, 0.25) is 0 Å². The summed E-state index contributed by atoms with van der Waals surface area (Å²) in [5.41, 5.74) is 3.18. The Morgan fingerprint density at radius 1 is 1.16 bits per heavy atom. The molecule has 2 amide bonds. The highest BCUT2D eigenvalue weighted by Gasteiger charge is 2.27. The highest BCUT2D eigenvalue weighted by atomic mass is 35.5. The maximum Gasteiger partial charge on any atom is 0.322 e. The fourth-order valence-electron chi connectivity index (χ4n) is 3.77. The Hall–Kier alpha value is -2.86. The third-order valence-corrected chi connectivity index (χ3v) is 5.68. The lowest BCUT2D eigenvalue weighted by molar-refractivity contribution is 0.179. The number of fused-ring (bicyclic) bond motifs is 1. The van der Waals surface area contributed by atoms with E-state index in [1.165, 1.54) is 4.57 Å². The first-order chi connectivity index (χ1) is 14.6. The van der Waals surface area contributed by atoms with E-state index in [2.05, 4.69) is 19.2 Å². The number of benzene rings is 2. The first-order valence-electron chi connectivity index (χ1n) is 10.4. The third-order valence-electron chi connectivity index (χ3n) is 5.45. The molecule has 1 aromatic heterocycles. The van der Waals surface area contributed by atoms with Crippen LogP contribution in [0.25, 0.3) is 10.9 Å². The Morgan fingerprint density at radius 3 is 2.42 bits per heavy atom. The second kappa shape index (κ2) is 9.10. The average molecular weight is 441 g/mol. The first-order valence-corrected chi connectivity index (χ1v) is 10.8. The van der Waals surface area contributed by atoms with Crippen molar-refractivity contribution >= 4 is 34.2 Å². The SMILES string of the molecule is Cc1cccc(C)c1NC(=O)N(CC(C)C)C(C)c1nc2ccc(Cl)cc2c(=O)n1C. The summed E-state index contributed by atoms with van der Waals surface area (Å²) in [4.78, 5) is 32.7. The lowest BCUT2D eigenvalue weighted by Crippen LogP contribution is -2.41. The quantitative estimate of drug-likeness (QED) is 0.573. The lowest BCUT2D eigenvalue weighted by Gasteiger charge is -2.32. The van der Waals surface area contributed by atoms with Gasteiger partial charge in [-0.25, -0.2) is 9.78 Å². The second-order valence-electron chi connectivity index (χ2n) is 8.41. The van der Waals surface area contributed by atoms with E-state index in [4.69, 9.17) is 16.6 Å². The zero-order valence-electron chi connectivity index (χ0n) is 18.9. The molecular weight excluding hydrogens is 412 g/mol. The van der Waals surface area contributed by atoms with Crippen molar-refractivity contribution in [2.24, 2.45) is 13.0 Å². The number of hydrogen-bond donors (Lipinski definition) is 1. The minimum absolute atomic E-state index is 0.186. The number of anilines is 1. The van der Waals surface area contributed by atoms with E-state index in [1.54, 1.807) is 30.1 Å². The van der Waals surface area contributed by atoms with Crippen LogP contribution in [0.15, 0.2) is 41.2 Å². The van der Waals surface area contributed by atoms with Crippen molar-refractivity contribution < 1.29 is 4.79 Å². The van der Waals surface area contributed by atoms with Crippen molar-refractivity contribution in [2.45, 2.75) is 40.7 Å². The van der Waals surface area contributed by atoms with Crippen LogP contribution in [0.5, 0.6) is 0 Å². The zero-order valence-corrected chi connectivity index (χ0v) is 19.6. The van der Waals surface area contributed by atoms with E-state index in [0.29, 0.717) is 28.3 Å². The molecule has 2 aromatic carbocycles. The Morgan fingerprint density at radius 2 is 1.81 bits per heavy atom. The molecule has 3 rings (SSSR count). The van der Waals surface area contributed by atoms with Crippen molar-refractivity contribution in [3.05, 3.63) is 68.7 Å². The van der Waals surface area contributed by atoms with Gasteiger partial charge in [-0.3, -0.25) is 9.36 Å². The van der Waals surface area contributed by atoms with E-state index in [9.17, 15) is 9.59 Å². The van der Waals surface area contributed by atoms with Crippen molar-refractivity contribution in [2.75, 3.05) is 11.9 Å². The molecule has 0 bridgehead atoms. The maximum atomic E-state index is 13.4. The monoisotopic (exact) mass is 440 g/mol. The highest BCUT2D eigenvalue weighted by molar-refractivity contribution is 6.31. The summed E-state index contributed by atoms with van der Waals surface area (Å²) in [6, 6.07) is 10.4. The first kappa shape index (κ1) is 22.8. The van der Waals surface area contributed by atoms with Gasteiger partial charge in [-0.1, -0.05) is 43.6 Å². The summed E-state index contributed by atoms with van der Waals surface area (Å²) in [5.74, 6) is 0.764. The standard InChI is InChI=1S/C24H29ClN4O2/c1-14(2)13-29(24(31)27-21-15(3)8-7-9-16(21)4)17(5)22-26-20-11-10-18(25)12-19(20)23(30)28(22)6/h7-12,14,17H,13H2,1-6H3,(H,27,31). The van der Waals surface area contributed by atoms with Gasteiger partial charge in [0.25, 0.3) is 5.56 Å². The molecule has 0 aliphatic rings. The Labute approximate surface area is 187 Å². The molecule has 0 aliphatic carbocycles. The van der Waals surface area contributed by atoms with Gasteiger partial charge in [0.05, 0.1) is 16.9 Å². The minimum Gasteiger partial charge on any atom is -0.314 e. The fraction of sp³-hybridized carbons (Fsp3) is 0.375. The van der Waals surface area contributed by atoms with Crippen molar-refractivity contribution in [1.29, 1.82) is 0 Å². The number of carbonyl (C=O) groups is 1. The average Bonchev–Trinajstić information content (AvgIpc) is 2.71. The number of amides is 2. The molecule has 3 aromatic rings. The van der Waals surface area contributed by atoms with E-state index in [1.807, 2.05) is 39.0 Å². The molecule has 6 nitrogen and oxygen atoms in total. The number of nitrogens with zero attached hydrogens (tertiary/aromatic N) is 3. The van der Waals surface area contributed by atoms with Gasteiger partial charge in [0.15, 0.2) is 0 Å². The molecule has 1 heterocycles. The van der Waals surface area contributed by atoms with Gasteiger partial charge in [0.1, 0.15) is 5.82 Å². The summed E-state index contributed by atoms with van der Waals surface area (Å²) in [5, 5.41) is 4.01. The number of para-hydroxylation sites is 1. The summed E-state index contributed by atoms with van der Waals surface area (Å²) in [6.45, 7) is 10.5. The van der Waals surface area contributed by atoms with Crippen molar-refractivity contribution in [3.63, 3.8) is 0 Å². The molecule has 0 radical (unpaired) electrons. The molecule has 0 aliphatic heterocycles. The van der Waals surface area contributed by atoms with Gasteiger partial charge in [-0.2, -0.15) is 0 Å². The van der Waals surface area contributed by atoms with Crippen LogP contribution in [0.2, 0.25) is 5.02 Å². The van der Waals surface area contributed by atoms with Crippen LogP contribution in [0.4, 0.5) is 10.5 Å². The van der Waals surface area contributed by atoms with Crippen LogP contribution in [-0.4, -0.2) is 27.0 Å². The minimum atomic E-state index is -0.412. The molecule has 1 N–H and O–H groups in total. The molecule has 1 unspecified atom stereocenters. The molecule has 7 heteroatoms. The van der Waals surface area contributed by atoms with Gasteiger partial charge in [-0.15, -0.1) is 0 Å². The Balaban J connectivity index is 2.03. The van der Waals surface area contributed by atoms with E-state index >= 15 is 0 Å². The highest BCUT2D eigenvalue weighted by Crippen LogP contribution is 2.25. The number of rotatable bonds is 5. The Kier molecular flexibility index (Phi) is 6.70.